The predicted molar refractivity (Wildman–Crippen MR) is 125 cm³/mol. The highest BCUT2D eigenvalue weighted by Gasteiger charge is 2.33. The van der Waals surface area contributed by atoms with Gasteiger partial charge in [0.05, 0.1) is 11.2 Å². The number of pyridine rings is 1. The lowest BCUT2D eigenvalue weighted by molar-refractivity contribution is 0.387. The first-order valence-corrected chi connectivity index (χ1v) is 11.9. The normalized spacial score (nSPS) is 14.3. The molecule has 0 saturated heterocycles. The van der Waals surface area contributed by atoms with Gasteiger partial charge in [0.2, 0.25) is 10.0 Å². The highest BCUT2D eigenvalue weighted by Crippen LogP contribution is 2.32. The van der Waals surface area contributed by atoms with Gasteiger partial charge in [-0.15, -0.1) is 0 Å². The van der Waals surface area contributed by atoms with Crippen LogP contribution in [-0.4, -0.2) is 48.3 Å². The van der Waals surface area contributed by atoms with Gasteiger partial charge >= 0.3 is 0 Å². The summed E-state index contributed by atoms with van der Waals surface area (Å²) in [6.07, 6.45) is 2.14. The molecule has 3 heterocycles. The average Bonchev–Trinajstić information content (AvgIpc) is 2.83. The minimum Gasteiger partial charge on any atom is -0.362 e. The predicted octanol–water partition coefficient (Wildman–Crippen LogP) is 3.50. The SMILES string of the molecule is CN(C)c1nc(-c2ccccc2)nc2c1CN(S(=O)(=O)c1cccc3cccnc13)CC2. The summed E-state index contributed by atoms with van der Waals surface area (Å²) in [5.74, 6) is 1.40. The lowest BCUT2D eigenvalue weighted by atomic mass is 10.1. The molecule has 0 N–H and O–H groups in total. The molecule has 1 aliphatic rings. The number of rotatable bonds is 4. The Morgan fingerprint density at radius 1 is 0.938 bits per heavy atom. The number of sulfonamides is 1. The van der Waals surface area contributed by atoms with Crippen LogP contribution in [0.3, 0.4) is 0 Å². The van der Waals surface area contributed by atoms with E-state index >= 15 is 0 Å². The van der Waals surface area contributed by atoms with E-state index in [1.165, 1.54) is 4.31 Å². The zero-order valence-corrected chi connectivity index (χ0v) is 18.7. The topological polar surface area (TPSA) is 79.3 Å². The smallest absolute Gasteiger partial charge is 0.245 e. The van der Waals surface area contributed by atoms with E-state index in [-0.39, 0.29) is 11.4 Å². The molecule has 7 nitrogen and oxygen atoms in total. The number of para-hydroxylation sites is 1. The lowest BCUT2D eigenvalue weighted by Gasteiger charge is -2.30. The van der Waals surface area contributed by atoms with Crippen LogP contribution >= 0.6 is 0 Å². The van der Waals surface area contributed by atoms with E-state index in [9.17, 15) is 8.42 Å². The fourth-order valence-electron chi connectivity index (χ4n) is 4.09. The number of nitrogens with zero attached hydrogens (tertiary/aromatic N) is 5. The van der Waals surface area contributed by atoms with E-state index in [1.54, 1.807) is 24.4 Å². The largest absolute Gasteiger partial charge is 0.362 e. The zero-order valence-electron chi connectivity index (χ0n) is 17.9. The van der Waals surface area contributed by atoms with Crippen molar-refractivity contribution in [2.75, 3.05) is 25.5 Å². The summed E-state index contributed by atoms with van der Waals surface area (Å²) in [4.78, 5) is 16.1. The van der Waals surface area contributed by atoms with Crippen LogP contribution in [0.2, 0.25) is 0 Å². The molecule has 0 aliphatic carbocycles. The molecule has 2 aromatic carbocycles. The van der Waals surface area contributed by atoms with E-state index in [4.69, 9.17) is 9.97 Å². The first kappa shape index (κ1) is 20.5. The molecular formula is C24H23N5O2S. The van der Waals surface area contributed by atoms with Crippen molar-refractivity contribution >= 4 is 26.7 Å². The highest BCUT2D eigenvalue weighted by atomic mass is 32.2. The number of hydrogen-bond acceptors (Lipinski definition) is 6. The van der Waals surface area contributed by atoms with E-state index in [0.717, 1.165) is 28.0 Å². The average molecular weight is 446 g/mol. The second-order valence-electron chi connectivity index (χ2n) is 7.98. The lowest BCUT2D eigenvalue weighted by Crippen LogP contribution is -2.37. The summed E-state index contributed by atoms with van der Waals surface area (Å²) in [6, 6.07) is 18.8. The van der Waals surface area contributed by atoms with E-state index < -0.39 is 10.0 Å². The summed E-state index contributed by atoms with van der Waals surface area (Å²) < 4.78 is 28.7. The fraction of sp³-hybridized carbons (Fsp3) is 0.208. The van der Waals surface area contributed by atoms with E-state index in [0.29, 0.717) is 24.3 Å². The first-order chi connectivity index (χ1) is 15.4. The molecule has 1 aliphatic heterocycles. The monoisotopic (exact) mass is 445 g/mol. The Hall–Kier alpha value is -3.36. The minimum atomic E-state index is -3.74. The Balaban J connectivity index is 1.57. The summed E-state index contributed by atoms with van der Waals surface area (Å²) in [5.41, 5.74) is 3.17. The van der Waals surface area contributed by atoms with Crippen molar-refractivity contribution in [3.8, 4) is 11.4 Å². The van der Waals surface area contributed by atoms with Crippen molar-refractivity contribution < 1.29 is 8.42 Å². The van der Waals surface area contributed by atoms with Gasteiger partial charge in [0, 0.05) is 56.3 Å². The minimum absolute atomic E-state index is 0.226. The maximum Gasteiger partial charge on any atom is 0.245 e. The molecule has 0 unspecified atom stereocenters. The van der Waals surface area contributed by atoms with Gasteiger partial charge in [0.1, 0.15) is 10.7 Å². The Labute approximate surface area is 187 Å². The molecule has 0 atom stereocenters. The highest BCUT2D eigenvalue weighted by molar-refractivity contribution is 7.89. The van der Waals surface area contributed by atoms with Crippen LogP contribution in [0.4, 0.5) is 5.82 Å². The molecule has 0 fully saturated rings. The van der Waals surface area contributed by atoms with Gasteiger partial charge in [-0.05, 0) is 12.1 Å². The summed E-state index contributed by atoms with van der Waals surface area (Å²) in [6.45, 7) is 0.583. The molecule has 0 saturated carbocycles. The molecule has 0 amide bonds. The third kappa shape index (κ3) is 3.51. The zero-order chi connectivity index (χ0) is 22.3. The van der Waals surface area contributed by atoms with Crippen molar-refractivity contribution in [1.29, 1.82) is 0 Å². The van der Waals surface area contributed by atoms with Crippen molar-refractivity contribution in [3.05, 3.63) is 78.1 Å². The van der Waals surface area contributed by atoms with Gasteiger partial charge < -0.3 is 4.90 Å². The Bertz CT molecular complexity index is 1400. The van der Waals surface area contributed by atoms with Crippen LogP contribution in [0, 0.1) is 0 Å². The molecule has 0 spiro atoms. The second-order valence-corrected chi connectivity index (χ2v) is 9.88. The molecular weight excluding hydrogens is 422 g/mol. The van der Waals surface area contributed by atoms with Crippen LogP contribution in [0.5, 0.6) is 0 Å². The first-order valence-electron chi connectivity index (χ1n) is 10.4. The van der Waals surface area contributed by atoms with Gasteiger partial charge in [0.15, 0.2) is 5.82 Å². The number of aromatic nitrogens is 3. The quantitative estimate of drug-likeness (QED) is 0.478. The molecule has 8 heteroatoms. The van der Waals surface area contributed by atoms with Crippen LogP contribution < -0.4 is 4.90 Å². The molecule has 4 aromatic rings. The van der Waals surface area contributed by atoms with Crippen molar-refractivity contribution in [1.82, 2.24) is 19.3 Å². The molecule has 2 aromatic heterocycles. The molecule has 32 heavy (non-hydrogen) atoms. The Morgan fingerprint density at radius 3 is 2.50 bits per heavy atom. The third-order valence-electron chi connectivity index (χ3n) is 5.67. The number of anilines is 1. The maximum atomic E-state index is 13.6. The number of benzene rings is 2. The van der Waals surface area contributed by atoms with Gasteiger partial charge in [-0.3, -0.25) is 4.98 Å². The van der Waals surface area contributed by atoms with Crippen molar-refractivity contribution in [2.45, 2.75) is 17.9 Å². The van der Waals surface area contributed by atoms with Crippen molar-refractivity contribution in [2.24, 2.45) is 0 Å². The van der Waals surface area contributed by atoms with Gasteiger partial charge in [0.25, 0.3) is 0 Å². The molecule has 0 bridgehead atoms. The summed E-state index contributed by atoms with van der Waals surface area (Å²) in [7, 11) is 0.0929. The van der Waals surface area contributed by atoms with Crippen LogP contribution in [-0.2, 0) is 23.0 Å². The molecule has 162 valence electrons. The standard InChI is InChI=1S/C24H23N5O2S/c1-28(2)24-19-16-29(15-13-20(19)26-23(27-24)18-8-4-3-5-9-18)32(30,31)21-12-6-10-17-11-7-14-25-22(17)21/h3-12,14H,13,15-16H2,1-2H3. The maximum absolute atomic E-state index is 13.6. The van der Waals surface area contributed by atoms with Gasteiger partial charge in [-0.2, -0.15) is 4.31 Å². The van der Waals surface area contributed by atoms with Crippen LogP contribution in [0.1, 0.15) is 11.3 Å². The van der Waals surface area contributed by atoms with E-state index in [1.807, 2.05) is 61.5 Å². The number of fused-ring (bicyclic) bond motifs is 2. The third-order valence-corrected chi connectivity index (χ3v) is 7.55. The summed E-state index contributed by atoms with van der Waals surface area (Å²) in [5, 5.41) is 0.802. The fourth-order valence-corrected chi connectivity index (χ4v) is 5.66. The van der Waals surface area contributed by atoms with E-state index in [2.05, 4.69) is 4.98 Å². The van der Waals surface area contributed by atoms with Crippen LogP contribution in [0.15, 0.2) is 71.8 Å². The summed E-state index contributed by atoms with van der Waals surface area (Å²) >= 11 is 0. The van der Waals surface area contributed by atoms with Crippen molar-refractivity contribution in [3.63, 3.8) is 0 Å². The van der Waals surface area contributed by atoms with Crippen LogP contribution in [0.25, 0.3) is 22.3 Å². The number of hydrogen-bond donors (Lipinski definition) is 0. The molecule has 0 radical (unpaired) electrons. The Morgan fingerprint density at radius 2 is 1.72 bits per heavy atom. The van der Waals surface area contributed by atoms with Gasteiger partial charge in [-0.25, -0.2) is 18.4 Å². The van der Waals surface area contributed by atoms with Gasteiger partial charge in [-0.1, -0.05) is 48.5 Å². The molecule has 5 rings (SSSR count). The second kappa shape index (κ2) is 7.96. The Kier molecular flexibility index (Phi) is 5.11.